The molecule has 0 saturated carbocycles. The number of halogens is 3. The topological polar surface area (TPSA) is 26.5 Å². The van der Waals surface area contributed by atoms with E-state index in [0.717, 1.165) is 9.39 Å². The third kappa shape index (κ3) is 2.36. The molecule has 3 nitrogen and oxygen atoms in total. The van der Waals surface area contributed by atoms with Gasteiger partial charge in [0.1, 0.15) is 9.35 Å². The number of pyridine rings is 1. The molecular formula is C11H11F2IN2O. The fourth-order valence-corrected chi connectivity index (χ4v) is 2.83. The normalized spacial score (nSPS) is 11.7. The van der Waals surface area contributed by atoms with Gasteiger partial charge < -0.3 is 4.74 Å². The van der Waals surface area contributed by atoms with E-state index in [9.17, 15) is 8.78 Å². The number of hydrogen-bond acceptors (Lipinski definition) is 2. The van der Waals surface area contributed by atoms with Crippen molar-refractivity contribution in [2.45, 2.75) is 26.4 Å². The highest BCUT2D eigenvalue weighted by Gasteiger charge is 2.16. The molecule has 2 heterocycles. The minimum absolute atomic E-state index is 0.112. The van der Waals surface area contributed by atoms with Gasteiger partial charge in [-0.3, -0.25) is 4.40 Å². The lowest BCUT2D eigenvalue weighted by Gasteiger charge is -2.07. The lowest BCUT2D eigenvalue weighted by molar-refractivity contribution is -0.0537. The molecule has 0 unspecified atom stereocenters. The Morgan fingerprint density at radius 2 is 2.06 bits per heavy atom. The number of imidazole rings is 1. The van der Waals surface area contributed by atoms with E-state index < -0.39 is 6.61 Å². The van der Waals surface area contributed by atoms with Gasteiger partial charge in [-0.05, 0) is 40.6 Å². The summed E-state index contributed by atoms with van der Waals surface area (Å²) in [6.45, 7) is 1.19. The molecule has 0 aliphatic rings. The van der Waals surface area contributed by atoms with E-state index in [2.05, 4.69) is 32.3 Å². The summed E-state index contributed by atoms with van der Waals surface area (Å²) in [5.74, 6) is 0.350. The molecule has 0 spiro atoms. The smallest absolute Gasteiger partial charge is 0.388 e. The zero-order valence-electron chi connectivity index (χ0n) is 9.32. The maximum atomic E-state index is 12.3. The Labute approximate surface area is 111 Å². The summed E-state index contributed by atoms with van der Waals surface area (Å²) in [6.07, 6.45) is 0. The van der Waals surface area contributed by atoms with Crippen molar-refractivity contribution in [1.29, 1.82) is 0 Å². The van der Waals surface area contributed by atoms with Crippen molar-refractivity contribution in [1.82, 2.24) is 9.38 Å². The van der Waals surface area contributed by atoms with Crippen LogP contribution in [0.2, 0.25) is 0 Å². The first-order valence-electron chi connectivity index (χ1n) is 5.12. The fourth-order valence-electron chi connectivity index (χ4n) is 1.60. The Hall–Kier alpha value is -0.920. The van der Waals surface area contributed by atoms with E-state index in [1.807, 2.05) is 13.8 Å². The molecule has 0 bridgehead atoms. The summed E-state index contributed by atoms with van der Waals surface area (Å²) < 4.78 is 31.5. The van der Waals surface area contributed by atoms with Gasteiger partial charge in [0.15, 0.2) is 0 Å². The maximum Gasteiger partial charge on any atom is 0.388 e. The molecule has 2 aromatic rings. The second-order valence-electron chi connectivity index (χ2n) is 3.88. The summed E-state index contributed by atoms with van der Waals surface area (Å²) in [7, 11) is 0. The van der Waals surface area contributed by atoms with Gasteiger partial charge in [0, 0.05) is 0 Å². The van der Waals surface area contributed by atoms with E-state index in [1.54, 1.807) is 16.5 Å². The quantitative estimate of drug-likeness (QED) is 0.789. The Morgan fingerprint density at radius 3 is 2.65 bits per heavy atom. The van der Waals surface area contributed by atoms with Gasteiger partial charge in [-0.15, -0.1) is 0 Å². The Morgan fingerprint density at radius 1 is 1.35 bits per heavy atom. The number of nitrogens with zero attached hydrogens (tertiary/aromatic N) is 2. The molecule has 0 aromatic carbocycles. The monoisotopic (exact) mass is 352 g/mol. The van der Waals surface area contributed by atoms with E-state index in [0.29, 0.717) is 5.65 Å². The maximum absolute atomic E-state index is 12.3. The third-order valence-corrected chi connectivity index (χ3v) is 3.37. The number of alkyl halides is 2. The van der Waals surface area contributed by atoms with Crippen molar-refractivity contribution < 1.29 is 13.5 Å². The lowest BCUT2D eigenvalue weighted by Crippen LogP contribution is -2.06. The Bertz CT molecular complexity index is 539. The third-order valence-electron chi connectivity index (χ3n) is 2.33. The average Bonchev–Trinajstić information content (AvgIpc) is 2.56. The van der Waals surface area contributed by atoms with Crippen molar-refractivity contribution in [2.24, 2.45) is 0 Å². The average molecular weight is 352 g/mol. The lowest BCUT2D eigenvalue weighted by atomic mass is 10.2. The predicted octanol–water partition coefficient (Wildman–Crippen LogP) is 3.66. The molecule has 0 fully saturated rings. The zero-order valence-corrected chi connectivity index (χ0v) is 11.5. The minimum atomic E-state index is -2.83. The van der Waals surface area contributed by atoms with Gasteiger partial charge in [-0.2, -0.15) is 8.78 Å². The molecular weight excluding hydrogens is 341 g/mol. The zero-order chi connectivity index (χ0) is 12.6. The standard InChI is InChI=1S/C11H11F2IN2O/c1-6(2)9-10(14)16-7(15-9)4-3-5-8(16)17-11(12)13/h3-6,11H,1-2H3. The number of ether oxygens (including phenoxy) is 1. The van der Waals surface area contributed by atoms with Gasteiger partial charge in [-0.25, -0.2) is 4.98 Å². The van der Waals surface area contributed by atoms with Crippen molar-refractivity contribution in [2.75, 3.05) is 0 Å². The second-order valence-corrected chi connectivity index (χ2v) is 4.90. The van der Waals surface area contributed by atoms with Crippen LogP contribution in [0.25, 0.3) is 5.65 Å². The Balaban J connectivity index is 2.62. The van der Waals surface area contributed by atoms with Gasteiger partial charge in [0.05, 0.1) is 5.69 Å². The van der Waals surface area contributed by atoms with Gasteiger partial charge in [-0.1, -0.05) is 19.9 Å². The van der Waals surface area contributed by atoms with Crippen LogP contribution in [-0.2, 0) is 0 Å². The molecule has 0 amide bonds. The first-order valence-corrected chi connectivity index (χ1v) is 6.20. The molecule has 0 N–H and O–H groups in total. The van der Waals surface area contributed by atoms with Crippen molar-refractivity contribution in [3.05, 3.63) is 27.6 Å². The fraction of sp³-hybridized carbons (Fsp3) is 0.364. The van der Waals surface area contributed by atoms with Crippen LogP contribution in [0.5, 0.6) is 5.88 Å². The van der Waals surface area contributed by atoms with Gasteiger partial charge >= 0.3 is 6.61 Å². The van der Waals surface area contributed by atoms with E-state index in [4.69, 9.17) is 0 Å². The summed E-state index contributed by atoms with van der Waals surface area (Å²) in [6, 6.07) is 4.93. The second kappa shape index (κ2) is 4.75. The molecule has 17 heavy (non-hydrogen) atoms. The summed E-state index contributed by atoms with van der Waals surface area (Å²) in [4.78, 5) is 4.41. The first-order chi connectivity index (χ1) is 8.00. The summed E-state index contributed by atoms with van der Waals surface area (Å²) in [5.41, 5.74) is 1.51. The largest absolute Gasteiger partial charge is 0.418 e. The number of aromatic nitrogens is 2. The highest BCUT2D eigenvalue weighted by molar-refractivity contribution is 14.1. The highest BCUT2D eigenvalue weighted by Crippen LogP contribution is 2.26. The summed E-state index contributed by atoms with van der Waals surface area (Å²) >= 11 is 2.10. The van der Waals surface area contributed by atoms with Gasteiger partial charge in [0.25, 0.3) is 0 Å². The van der Waals surface area contributed by atoms with Crippen molar-refractivity contribution >= 4 is 28.2 Å². The van der Waals surface area contributed by atoms with Crippen LogP contribution in [0.1, 0.15) is 25.5 Å². The molecule has 0 aliphatic heterocycles. The Kier molecular flexibility index (Phi) is 3.50. The summed E-state index contributed by atoms with van der Waals surface area (Å²) in [5, 5.41) is 0. The first kappa shape index (κ1) is 12.5. The van der Waals surface area contributed by atoms with Crippen LogP contribution in [0.4, 0.5) is 8.78 Å². The van der Waals surface area contributed by atoms with Crippen LogP contribution in [0.3, 0.4) is 0 Å². The van der Waals surface area contributed by atoms with Crippen LogP contribution in [0, 0.1) is 3.70 Å². The highest BCUT2D eigenvalue weighted by atomic mass is 127. The van der Waals surface area contributed by atoms with Crippen LogP contribution in [-0.4, -0.2) is 16.0 Å². The van der Waals surface area contributed by atoms with Gasteiger partial charge in [0.2, 0.25) is 5.88 Å². The number of fused-ring (bicyclic) bond motifs is 1. The molecule has 0 saturated heterocycles. The van der Waals surface area contributed by atoms with E-state index in [-0.39, 0.29) is 11.8 Å². The molecule has 0 atom stereocenters. The predicted molar refractivity (Wildman–Crippen MR) is 68.6 cm³/mol. The number of rotatable bonds is 3. The van der Waals surface area contributed by atoms with Crippen LogP contribution >= 0.6 is 22.6 Å². The molecule has 2 aromatic heterocycles. The molecule has 0 aliphatic carbocycles. The molecule has 2 rings (SSSR count). The van der Waals surface area contributed by atoms with E-state index in [1.165, 1.54) is 6.07 Å². The van der Waals surface area contributed by atoms with Crippen LogP contribution in [0.15, 0.2) is 18.2 Å². The minimum Gasteiger partial charge on any atom is -0.418 e. The SMILES string of the molecule is CC(C)c1nc2cccc(OC(F)F)n2c1I. The van der Waals surface area contributed by atoms with Crippen LogP contribution < -0.4 is 4.74 Å². The van der Waals surface area contributed by atoms with Crippen molar-refractivity contribution in [3.63, 3.8) is 0 Å². The number of hydrogen-bond donors (Lipinski definition) is 0. The van der Waals surface area contributed by atoms with E-state index >= 15 is 0 Å². The van der Waals surface area contributed by atoms with Crippen molar-refractivity contribution in [3.8, 4) is 5.88 Å². The molecule has 0 radical (unpaired) electrons. The molecule has 92 valence electrons. The molecule has 6 heteroatoms.